The number of anilines is 1. The van der Waals surface area contributed by atoms with E-state index in [2.05, 4.69) is 22.9 Å². The molecule has 5 heteroatoms. The summed E-state index contributed by atoms with van der Waals surface area (Å²) in [6, 6.07) is 12.7. The third kappa shape index (κ3) is 3.01. The monoisotopic (exact) mass is 259 g/mol. The Balaban J connectivity index is 2.23. The van der Waals surface area contributed by atoms with Crippen LogP contribution in [0.4, 0.5) is 17.1 Å². The lowest BCUT2D eigenvalue weighted by molar-refractivity contribution is 0.417. The molecule has 0 aliphatic heterocycles. The van der Waals surface area contributed by atoms with Crippen LogP contribution in [-0.2, 0) is 0 Å². The van der Waals surface area contributed by atoms with Crippen molar-refractivity contribution in [2.24, 2.45) is 10.2 Å². The predicted octanol–water partition coefficient (Wildman–Crippen LogP) is 3.98. The SMILES string of the molecule is COc1cc(/N=N\c2cccc(S)c2)ccc1N. The third-order valence-corrected chi connectivity index (χ3v) is 2.61. The second-order valence-electron chi connectivity index (χ2n) is 3.65. The first-order valence-electron chi connectivity index (χ1n) is 5.33. The number of nitrogen functional groups attached to an aromatic ring is 1. The molecule has 4 nitrogen and oxygen atoms in total. The maximum atomic E-state index is 5.72. The van der Waals surface area contributed by atoms with Gasteiger partial charge in [0.2, 0.25) is 0 Å². The molecular formula is C13H13N3OS. The lowest BCUT2D eigenvalue weighted by Crippen LogP contribution is -1.90. The molecule has 18 heavy (non-hydrogen) atoms. The molecule has 0 saturated heterocycles. The van der Waals surface area contributed by atoms with Crippen molar-refractivity contribution in [3.05, 3.63) is 42.5 Å². The van der Waals surface area contributed by atoms with Crippen LogP contribution in [0, 0.1) is 0 Å². The number of nitrogens with zero attached hydrogens (tertiary/aromatic N) is 2. The fourth-order valence-corrected chi connectivity index (χ4v) is 1.65. The van der Waals surface area contributed by atoms with Crippen molar-refractivity contribution < 1.29 is 4.74 Å². The Hall–Kier alpha value is -2.01. The van der Waals surface area contributed by atoms with E-state index < -0.39 is 0 Å². The number of hydrogen-bond acceptors (Lipinski definition) is 5. The van der Waals surface area contributed by atoms with Gasteiger partial charge in [-0.2, -0.15) is 10.2 Å². The molecule has 92 valence electrons. The number of rotatable bonds is 3. The summed E-state index contributed by atoms with van der Waals surface area (Å²) in [7, 11) is 1.57. The van der Waals surface area contributed by atoms with E-state index in [1.807, 2.05) is 24.3 Å². The van der Waals surface area contributed by atoms with Gasteiger partial charge in [-0.15, -0.1) is 12.6 Å². The summed E-state index contributed by atoms with van der Waals surface area (Å²) < 4.78 is 5.12. The maximum Gasteiger partial charge on any atom is 0.143 e. The van der Waals surface area contributed by atoms with Gasteiger partial charge in [0.05, 0.1) is 24.2 Å². The molecule has 0 aliphatic rings. The molecule has 0 amide bonds. The molecule has 0 saturated carbocycles. The van der Waals surface area contributed by atoms with Crippen LogP contribution in [0.15, 0.2) is 57.6 Å². The zero-order valence-corrected chi connectivity index (χ0v) is 10.8. The quantitative estimate of drug-likeness (QED) is 0.497. The summed E-state index contributed by atoms with van der Waals surface area (Å²) in [5, 5.41) is 8.24. The predicted molar refractivity (Wildman–Crippen MR) is 75.3 cm³/mol. The Bertz CT molecular complexity index is 584. The van der Waals surface area contributed by atoms with Crippen molar-refractivity contribution in [2.75, 3.05) is 12.8 Å². The summed E-state index contributed by atoms with van der Waals surface area (Å²) >= 11 is 4.24. The van der Waals surface area contributed by atoms with E-state index >= 15 is 0 Å². The molecule has 2 aromatic carbocycles. The molecule has 0 unspecified atom stereocenters. The highest BCUT2D eigenvalue weighted by Gasteiger charge is 2.00. The van der Waals surface area contributed by atoms with E-state index in [9.17, 15) is 0 Å². The third-order valence-electron chi connectivity index (χ3n) is 2.33. The lowest BCUT2D eigenvalue weighted by Gasteiger charge is -2.03. The van der Waals surface area contributed by atoms with Gasteiger partial charge in [-0.1, -0.05) is 6.07 Å². The van der Waals surface area contributed by atoms with E-state index in [0.29, 0.717) is 17.1 Å². The first kappa shape index (κ1) is 12.4. The van der Waals surface area contributed by atoms with Gasteiger partial charge in [-0.25, -0.2) is 0 Å². The number of hydrogen-bond donors (Lipinski definition) is 2. The topological polar surface area (TPSA) is 60.0 Å². The minimum absolute atomic E-state index is 0.578. The van der Waals surface area contributed by atoms with Crippen LogP contribution in [0.1, 0.15) is 0 Å². The van der Waals surface area contributed by atoms with Gasteiger partial charge in [0.15, 0.2) is 0 Å². The second-order valence-corrected chi connectivity index (χ2v) is 4.16. The second kappa shape index (κ2) is 5.55. The highest BCUT2D eigenvalue weighted by atomic mass is 32.1. The van der Waals surface area contributed by atoms with Crippen molar-refractivity contribution >= 4 is 29.7 Å². The van der Waals surface area contributed by atoms with Gasteiger partial charge in [0.25, 0.3) is 0 Å². The molecule has 0 aliphatic carbocycles. The first-order valence-corrected chi connectivity index (χ1v) is 5.78. The van der Waals surface area contributed by atoms with Gasteiger partial charge in [-0.05, 0) is 30.3 Å². The molecule has 2 N–H and O–H groups in total. The normalized spacial score (nSPS) is 10.8. The number of nitrogens with two attached hydrogens (primary N) is 1. The van der Waals surface area contributed by atoms with Crippen LogP contribution >= 0.6 is 12.6 Å². The standard InChI is InChI=1S/C13H13N3OS/c1-17-13-8-10(5-6-12(13)14)16-15-9-3-2-4-11(18)7-9/h2-8,18H,14H2,1H3/b16-15-. The van der Waals surface area contributed by atoms with Crippen molar-refractivity contribution in [2.45, 2.75) is 4.90 Å². The molecular weight excluding hydrogens is 246 g/mol. The number of methoxy groups -OCH3 is 1. The molecule has 2 rings (SSSR count). The number of benzene rings is 2. The molecule has 0 aromatic heterocycles. The largest absolute Gasteiger partial charge is 0.495 e. The Kier molecular flexibility index (Phi) is 3.84. The van der Waals surface area contributed by atoms with E-state index in [1.165, 1.54) is 0 Å². The fourth-order valence-electron chi connectivity index (χ4n) is 1.43. The van der Waals surface area contributed by atoms with Gasteiger partial charge >= 0.3 is 0 Å². The van der Waals surface area contributed by atoms with Crippen molar-refractivity contribution in [1.29, 1.82) is 0 Å². The first-order chi connectivity index (χ1) is 8.69. The average Bonchev–Trinajstić information content (AvgIpc) is 2.38. The van der Waals surface area contributed by atoms with Crippen LogP contribution < -0.4 is 10.5 Å². The van der Waals surface area contributed by atoms with Crippen molar-refractivity contribution in [3.8, 4) is 5.75 Å². The van der Waals surface area contributed by atoms with Crippen LogP contribution in [0.2, 0.25) is 0 Å². The van der Waals surface area contributed by atoms with Crippen LogP contribution in [0.5, 0.6) is 5.75 Å². The van der Waals surface area contributed by atoms with Gasteiger partial charge in [-0.3, -0.25) is 0 Å². The smallest absolute Gasteiger partial charge is 0.143 e. The zero-order valence-electron chi connectivity index (χ0n) is 9.87. The minimum Gasteiger partial charge on any atom is -0.495 e. The highest BCUT2D eigenvalue weighted by Crippen LogP contribution is 2.28. The van der Waals surface area contributed by atoms with Gasteiger partial charge < -0.3 is 10.5 Å². The number of azo groups is 1. The summed E-state index contributed by atoms with van der Waals surface area (Å²) in [6.45, 7) is 0. The molecule has 0 heterocycles. The Labute approximate surface area is 111 Å². The lowest BCUT2D eigenvalue weighted by atomic mass is 10.2. The molecule has 0 fully saturated rings. The van der Waals surface area contributed by atoms with Crippen molar-refractivity contribution in [3.63, 3.8) is 0 Å². The summed E-state index contributed by atoms with van der Waals surface area (Å²) in [4.78, 5) is 0.848. The molecule has 0 spiro atoms. The van der Waals surface area contributed by atoms with Gasteiger partial charge in [0.1, 0.15) is 5.75 Å². The molecule has 0 radical (unpaired) electrons. The van der Waals surface area contributed by atoms with E-state index in [-0.39, 0.29) is 0 Å². The highest BCUT2D eigenvalue weighted by molar-refractivity contribution is 7.80. The summed E-state index contributed by atoms with van der Waals surface area (Å²) in [5.41, 5.74) is 7.73. The van der Waals surface area contributed by atoms with E-state index in [0.717, 1.165) is 10.6 Å². The summed E-state index contributed by atoms with van der Waals surface area (Å²) in [5.74, 6) is 0.592. The molecule has 2 aromatic rings. The van der Waals surface area contributed by atoms with E-state index in [4.69, 9.17) is 10.5 Å². The average molecular weight is 259 g/mol. The van der Waals surface area contributed by atoms with E-state index in [1.54, 1.807) is 25.3 Å². The van der Waals surface area contributed by atoms with Crippen molar-refractivity contribution in [1.82, 2.24) is 0 Å². The fraction of sp³-hybridized carbons (Fsp3) is 0.0769. The number of ether oxygens (including phenoxy) is 1. The van der Waals surface area contributed by atoms with Crippen LogP contribution in [-0.4, -0.2) is 7.11 Å². The minimum atomic E-state index is 0.578. The van der Waals surface area contributed by atoms with Gasteiger partial charge in [0, 0.05) is 11.0 Å². The zero-order chi connectivity index (χ0) is 13.0. The van der Waals surface area contributed by atoms with Crippen LogP contribution in [0.3, 0.4) is 0 Å². The Morgan fingerprint density at radius 3 is 2.44 bits per heavy atom. The Morgan fingerprint density at radius 1 is 1.06 bits per heavy atom. The van der Waals surface area contributed by atoms with Crippen LogP contribution in [0.25, 0.3) is 0 Å². The Morgan fingerprint density at radius 2 is 1.78 bits per heavy atom. The maximum absolute atomic E-state index is 5.72. The summed E-state index contributed by atoms with van der Waals surface area (Å²) in [6.07, 6.45) is 0. The number of thiol groups is 1. The molecule has 0 atom stereocenters. The molecule has 0 bridgehead atoms.